The average Bonchev–Trinajstić information content (AvgIpc) is 3.00. The smallest absolute Gasteiger partial charge is 0.0785 e. The molecule has 1 aromatic rings. The second-order valence-electron chi connectivity index (χ2n) is 4.47. The average molecular weight is 268 g/mol. The first-order chi connectivity index (χ1) is 9.31. The van der Waals surface area contributed by atoms with Crippen LogP contribution < -0.4 is 5.73 Å². The lowest BCUT2D eigenvalue weighted by molar-refractivity contribution is 0.253. The number of nitrogens with zero attached hydrogens (tertiary/aromatic N) is 1. The second kappa shape index (κ2) is 10.9. The van der Waals surface area contributed by atoms with Gasteiger partial charge in [0.25, 0.3) is 0 Å². The Balaban J connectivity index is 0.000000741. The maximum Gasteiger partial charge on any atom is 0.0785 e. The number of benzene rings is 1. The van der Waals surface area contributed by atoms with Gasteiger partial charge in [-0.25, -0.2) is 0 Å². The fraction of sp³-hybridized carbons (Fsp3) is 0.625. The maximum absolute atomic E-state index is 9.50. The highest BCUT2D eigenvalue weighted by molar-refractivity contribution is 5.18. The standard InChI is InChI=1S/C13H20N2.C2H6.CH3F/c1-11(13-5-3-2-4-6-13)15-8-7-12(9-14)10-15;2*1-2/h2-6,11-12H,7-10,14H2,1H3;1-2H3;1H3. The molecule has 3 heteroatoms. The van der Waals surface area contributed by atoms with Crippen molar-refractivity contribution in [1.29, 1.82) is 0 Å². The highest BCUT2D eigenvalue weighted by atomic mass is 19.1. The Morgan fingerprint density at radius 2 is 1.84 bits per heavy atom. The zero-order valence-corrected chi connectivity index (χ0v) is 12.8. The van der Waals surface area contributed by atoms with Gasteiger partial charge in [-0.2, -0.15) is 0 Å². The van der Waals surface area contributed by atoms with Crippen molar-refractivity contribution in [1.82, 2.24) is 4.90 Å². The van der Waals surface area contributed by atoms with Gasteiger partial charge in [-0.05, 0) is 37.9 Å². The molecule has 0 aliphatic carbocycles. The van der Waals surface area contributed by atoms with Crippen LogP contribution in [0.25, 0.3) is 0 Å². The van der Waals surface area contributed by atoms with E-state index in [1.807, 2.05) is 13.8 Å². The van der Waals surface area contributed by atoms with Crippen LogP contribution >= 0.6 is 0 Å². The molecule has 2 unspecified atom stereocenters. The van der Waals surface area contributed by atoms with E-state index in [9.17, 15) is 4.39 Å². The van der Waals surface area contributed by atoms with E-state index in [0.29, 0.717) is 19.1 Å². The Morgan fingerprint density at radius 1 is 1.26 bits per heavy atom. The van der Waals surface area contributed by atoms with Crippen molar-refractivity contribution >= 4 is 0 Å². The first kappa shape index (κ1) is 18.1. The van der Waals surface area contributed by atoms with Gasteiger partial charge in [0, 0.05) is 12.6 Å². The topological polar surface area (TPSA) is 29.3 Å². The molecule has 0 saturated carbocycles. The molecular formula is C16H29FN2. The van der Waals surface area contributed by atoms with Crippen LogP contribution in [0.3, 0.4) is 0 Å². The molecule has 0 radical (unpaired) electrons. The van der Waals surface area contributed by atoms with E-state index < -0.39 is 0 Å². The molecule has 1 aromatic carbocycles. The van der Waals surface area contributed by atoms with Crippen LogP contribution in [0.2, 0.25) is 0 Å². The van der Waals surface area contributed by atoms with Gasteiger partial charge in [0.1, 0.15) is 0 Å². The van der Waals surface area contributed by atoms with E-state index in [4.69, 9.17) is 5.73 Å². The first-order valence-electron chi connectivity index (χ1n) is 7.18. The molecule has 0 amide bonds. The van der Waals surface area contributed by atoms with Crippen molar-refractivity contribution < 1.29 is 4.39 Å². The van der Waals surface area contributed by atoms with Crippen LogP contribution in [-0.4, -0.2) is 31.7 Å². The van der Waals surface area contributed by atoms with Gasteiger partial charge in [-0.15, -0.1) is 0 Å². The van der Waals surface area contributed by atoms with E-state index in [1.165, 1.54) is 18.5 Å². The molecule has 0 bridgehead atoms. The highest BCUT2D eigenvalue weighted by Gasteiger charge is 2.25. The van der Waals surface area contributed by atoms with Crippen molar-refractivity contribution in [3.8, 4) is 0 Å². The van der Waals surface area contributed by atoms with Gasteiger partial charge in [-0.1, -0.05) is 44.2 Å². The number of halogens is 1. The summed E-state index contributed by atoms with van der Waals surface area (Å²) < 4.78 is 9.50. The molecule has 1 fully saturated rings. The Labute approximate surface area is 117 Å². The van der Waals surface area contributed by atoms with Crippen LogP contribution in [0.5, 0.6) is 0 Å². The van der Waals surface area contributed by atoms with Crippen LogP contribution in [0, 0.1) is 5.92 Å². The van der Waals surface area contributed by atoms with E-state index in [2.05, 4.69) is 42.2 Å². The minimum absolute atomic E-state index is 0.500. The number of likely N-dealkylation sites (tertiary alicyclic amines) is 1. The number of nitrogens with two attached hydrogens (primary N) is 1. The molecule has 110 valence electrons. The molecule has 0 aromatic heterocycles. The molecule has 1 heterocycles. The zero-order valence-electron chi connectivity index (χ0n) is 12.8. The molecule has 0 spiro atoms. The Bertz CT molecular complexity index is 303. The van der Waals surface area contributed by atoms with Crippen LogP contribution in [0.4, 0.5) is 4.39 Å². The highest BCUT2D eigenvalue weighted by Crippen LogP contribution is 2.26. The van der Waals surface area contributed by atoms with Gasteiger partial charge < -0.3 is 5.73 Å². The first-order valence-corrected chi connectivity index (χ1v) is 7.18. The summed E-state index contributed by atoms with van der Waals surface area (Å²) in [6.07, 6.45) is 1.26. The minimum Gasteiger partial charge on any atom is -0.330 e. The third kappa shape index (κ3) is 5.70. The second-order valence-corrected chi connectivity index (χ2v) is 4.47. The van der Waals surface area contributed by atoms with Crippen LogP contribution in [0.1, 0.15) is 38.8 Å². The van der Waals surface area contributed by atoms with E-state index >= 15 is 0 Å². The predicted molar refractivity (Wildman–Crippen MR) is 82.0 cm³/mol. The van der Waals surface area contributed by atoms with Gasteiger partial charge in [0.2, 0.25) is 0 Å². The van der Waals surface area contributed by atoms with Crippen LogP contribution in [-0.2, 0) is 0 Å². The molecule has 2 nitrogen and oxygen atoms in total. The van der Waals surface area contributed by atoms with Crippen molar-refractivity contribution in [2.75, 3.05) is 26.8 Å². The number of alkyl halides is 1. The van der Waals surface area contributed by atoms with Gasteiger partial charge in [0.15, 0.2) is 0 Å². The summed E-state index contributed by atoms with van der Waals surface area (Å²) in [5.74, 6) is 0.705. The lowest BCUT2D eigenvalue weighted by atomic mass is 10.1. The monoisotopic (exact) mass is 268 g/mol. The van der Waals surface area contributed by atoms with E-state index in [-0.39, 0.29) is 0 Å². The number of rotatable bonds is 3. The molecule has 19 heavy (non-hydrogen) atoms. The molecule has 2 N–H and O–H groups in total. The molecule has 1 saturated heterocycles. The Morgan fingerprint density at radius 3 is 2.32 bits per heavy atom. The minimum atomic E-state index is 0.500. The molecule has 1 aliphatic rings. The van der Waals surface area contributed by atoms with E-state index in [0.717, 1.165) is 13.1 Å². The van der Waals surface area contributed by atoms with E-state index in [1.54, 1.807) is 0 Å². The van der Waals surface area contributed by atoms with Gasteiger partial charge in [0.05, 0.1) is 7.18 Å². The summed E-state index contributed by atoms with van der Waals surface area (Å²) in [6, 6.07) is 11.2. The molecule has 2 atom stereocenters. The van der Waals surface area contributed by atoms with Crippen molar-refractivity contribution in [2.24, 2.45) is 11.7 Å². The third-order valence-electron chi connectivity index (χ3n) is 3.48. The van der Waals surface area contributed by atoms with Crippen molar-refractivity contribution in [2.45, 2.75) is 33.2 Å². The summed E-state index contributed by atoms with van der Waals surface area (Å²) >= 11 is 0. The zero-order chi connectivity index (χ0) is 14.7. The predicted octanol–water partition coefficient (Wildman–Crippen LogP) is 3.64. The van der Waals surface area contributed by atoms with Crippen molar-refractivity contribution in [3.63, 3.8) is 0 Å². The lowest BCUT2D eigenvalue weighted by Gasteiger charge is -2.24. The molecule has 1 aliphatic heterocycles. The Hall–Kier alpha value is -0.930. The molecule has 2 rings (SSSR count). The summed E-state index contributed by atoms with van der Waals surface area (Å²) in [5.41, 5.74) is 7.12. The maximum atomic E-state index is 9.50. The fourth-order valence-electron chi connectivity index (χ4n) is 2.35. The summed E-state index contributed by atoms with van der Waals surface area (Å²) in [6.45, 7) is 9.47. The third-order valence-corrected chi connectivity index (χ3v) is 3.48. The summed E-state index contributed by atoms with van der Waals surface area (Å²) in [7, 11) is 0.500. The SMILES string of the molecule is CC.CC(c1ccccc1)N1CCC(CN)C1.CF. The van der Waals surface area contributed by atoms with Crippen LogP contribution in [0.15, 0.2) is 30.3 Å². The quantitative estimate of drug-likeness (QED) is 0.907. The summed E-state index contributed by atoms with van der Waals surface area (Å²) in [5, 5.41) is 0. The van der Waals surface area contributed by atoms with Gasteiger partial charge >= 0.3 is 0 Å². The fourth-order valence-corrected chi connectivity index (χ4v) is 2.35. The lowest BCUT2D eigenvalue weighted by Crippen LogP contribution is -2.26. The number of hydrogen-bond acceptors (Lipinski definition) is 2. The Kier molecular flexibility index (Phi) is 10.4. The summed E-state index contributed by atoms with van der Waals surface area (Å²) in [4.78, 5) is 2.53. The normalized spacial score (nSPS) is 19.8. The largest absolute Gasteiger partial charge is 0.330 e. The molecular weight excluding hydrogens is 239 g/mol. The van der Waals surface area contributed by atoms with Crippen molar-refractivity contribution in [3.05, 3.63) is 35.9 Å². The van der Waals surface area contributed by atoms with Gasteiger partial charge in [-0.3, -0.25) is 9.29 Å². The number of hydrogen-bond donors (Lipinski definition) is 1.